The minimum Gasteiger partial charge on any atom is -0.310 e. The van der Waals surface area contributed by atoms with Crippen LogP contribution >= 0.6 is 0 Å². The van der Waals surface area contributed by atoms with Crippen molar-refractivity contribution in [2.75, 3.05) is 11.2 Å². The van der Waals surface area contributed by atoms with Gasteiger partial charge < -0.3 is 4.90 Å². The lowest BCUT2D eigenvalue weighted by atomic mass is 10.1. The predicted octanol–water partition coefficient (Wildman–Crippen LogP) is 2.81. The molecule has 0 aliphatic rings. The second-order valence-corrected chi connectivity index (χ2v) is 8.91. The number of aryl methyl sites for hydroxylation is 2. The van der Waals surface area contributed by atoms with E-state index in [0.717, 1.165) is 17.0 Å². The van der Waals surface area contributed by atoms with Crippen LogP contribution in [-0.4, -0.2) is 36.4 Å². The van der Waals surface area contributed by atoms with Gasteiger partial charge in [-0.2, -0.15) is 5.10 Å². The number of aromatic nitrogens is 2. The van der Waals surface area contributed by atoms with Crippen LogP contribution in [0.3, 0.4) is 0 Å². The number of sulfone groups is 1. The molecule has 0 saturated heterocycles. The van der Waals surface area contributed by atoms with E-state index in [9.17, 15) is 13.2 Å². The van der Waals surface area contributed by atoms with Crippen molar-refractivity contribution in [3.8, 4) is 0 Å². The van der Waals surface area contributed by atoms with Crippen LogP contribution in [0.25, 0.3) is 0 Å². The topological polar surface area (TPSA) is 72.3 Å². The first-order chi connectivity index (χ1) is 12.0. The van der Waals surface area contributed by atoms with Gasteiger partial charge in [0, 0.05) is 37.1 Å². The van der Waals surface area contributed by atoms with Crippen molar-refractivity contribution in [3.05, 3.63) is 41.2 Å². The number of nitrogens with zero attached hydrogens (tertiary/aromatic N) is 3. The Labute approximate surface area is 155 Å². The molecule has 1 aromatic carbocycles. The fourth-order valence-electron chi connectivity index (χ4n) is 3.12. The van der Waals surface area contributed by atoms with Crippen molar-refractivity contribution < 1.29 is 13.2 Å². The first kappa shape index (κ1) is 20.2. The first-order valence-corrected chi connectivity index (χ1v) is 10.5. The van der Waals surface area contributed by atoms with Crippen LogP contribution in [0.5, 0.6) is 0 Å². The zero-order valence-electron chi connectivity index (χ0n) is 16.3. The molecule has 0 atom stereocenters. The number of anilines is 1. The van der Waals surface area contributed by atoms with Gasteiger partial charge in [-0.05, 0) is 63.9 Å². The van der Waals surface area contributed by atoms with Gasteiger partial charge >= 0.3 is 0 Å². The van der Waals surface area contributed by atoms with Gasteiger partial charge in [0.2, 0.25) is 5.91 Å². The molecule has 0 radical (unpaired) electrons. The highest BCUT2D eigenvalue weighted by Gasteiger charge is 2.21. The van der Waals surface area contributed by atoms with Crippen LogP contribution in [0.4, 0.5) is 5.69 Å². The minimum absolute atomic E-state index is 0.00904. The summed E-state index contributed by atoms with van der Waals surface area (Å²) in [6, 6.07) is 6.44. The van der Waals surface area contributed by atoms with Crippen LogP contribution in [0.2, 0.25) is 0 Å². The van der Waals surface area contributed by atoms with E-state index in [4.69, 9.17) is 0 Å². The number of benzene rings is 1. The fourth-order valence-corrected chi connectivity index (χ4v) is 3.75. The van der Waals surface area contributed by atoms with Crippen LogP contribution in [0.1, 0.15) is 37.2 Å². The van der Waals surface area contributed by atoms with E-state index >= 15 is 0 Å². The number of amides is 1. The smallest absolute Gasteiger partial charge is 0.227 e. The number of hydrogen-bond donors (Lipinski definition) is 0. The van der Waals surface area contributed by atoms with E-state index in [-0.39, 0.29) is 16.8 Å². The molecule has 0 saturated carbocycles. The molecule has 0 aliphatic carbocycles. The van der Waals surface area contributed by atoms with E-state index in [2.05, 4.69) is 5.10 Å². The predicted molar refractivity (Wildman–Crippen MR) is 103 cm³/mol. The number of hydrogen-bond acceptors (Lipinski definition) is 4. The molecule has 2 rings (SSSR count). The fraction of sp³-hybridized carbons (Fsp3) is 0.474. The molecule has 2 aromatic rings. The molecule has 0 aliphatic heterocycles. The lowest BCUT2D eigenvalue weighted by molar-refractivity contribution is -0.118. The summed E-state index contributed by atoms with van der Waals surface area (Å²) in [6.45, 7) is 7.85. The van der Waals surface area contributed by atoms with E-state index in [1.807, 2.05) is 39.4 Å². The monoisotopic (exact) mass is 377 g/mol. The Hall–Kier alpha value is -2.15. The quantitative estimate of drug-likeness (QED) is 0.776. The Kier molecular flexibility index (Phi) is 5.91. The standard InChI is InChI=1S/C19H27N3O3S/c1-13(2)22(16-7-9-17(10-8-16)26(6,24)25)19(23)12-11-18-14(3)20-21(5)15(18)4/h7-10,13H,11-12H2,1-6H3. The van der Waals surface area contributed by atoms with Crippen molar-refractivity contribution in [1.29, 1.82) is 0 Å². The SMILES string of the molecule is Cc1nn(C)c(C)c1CCC(=O)N(c1ccc(S(C)(=O)=O)cc1)C(C)C. The summed E-state index contributed by atoms with van der Waals surface area (Å²) >= 11 is 0. The highest BCUT2D eigenvalue weighted by Crippen LogP contribution is 2.22. The lowest BCUT2D eigenvalue weighted by Crippen LogP contribution is -2.37. The van der Waals surface area contributed by atoms with Crippen LogP contribution in [-0.2, 0) is 28.1 Å². The summed E-state index contributed by atoms with van der Waals surface area (Å²) in [5.41, 5.74) is 3.84. The largest absolute Gasteiger partial charge is 0.310 e. The maximum absolute atomic E-state index is 12.9. The molecule has 26 heavy (non-hydrogen) atoms. The average Bonchev–Trinajstić information content (AvgIpc) is 2.77. The Morgan fingerprint density at radius 1 is 1.19 bits per heavy atom. The van der Waals surface area contributed by atoms with Crippen molar-refractivity contribution in [1.82, 2.24) is 9.78 Å². The second-order valence-electron chi connectivity index (χ2n) is 6.90. The van der Waals surface area contributed by atoms with E-state index in [1.165, 1.54) is 6.26 Å². The van der Waals surface area contributed by atoms with Crippen LogP contribution in [0, 0.1) is 13.8 Å². The molecule has 0 unspecified atom stereocenters. The van der Waals surface area contributed by atoms with Crippen molar-refractivity contribution >= 4 is 21.4 Å². The molecule has 1 amide bonds. The Morgan fingerprint density at radius 2 is 1.77 bits per heavy atom. The molecule has 7 heteroatoms. The Morgan fingerprint density at radius 3 is 2.19 bits per heavy atom. The normalized spacial score (nSPS) is 11.8. The third-order valence-corrected chi connectivity index (χ3v) is 5.70. The summed E-state index contributed by atoms with van der Waals surface area (Å²) in [7, 11) is -1.35. The zero-order valence-corrected chi connectivity index (χ0v) is 17.1. The lowest BCUT2D eigenvalue weighted by Gasteiger charge is -2.27. The molecule has 6 nitrogen and oxygen atoms in total. The van der Waals surface area contributed by atoms with Gasteiger partial charge in [-0.1, -0.05) is 0 Å². The van der Waals surface area contributed by atoms with Crippen molar-refractivity contribution in [2.45, 2.75) is 51.5 Å². The molecule has 1 aromatic heterocycles. The molecule has 0 bridgehead atoms. The third-order valence-electron chi connectivity index (χ3n) is 4.58. The van der Waals surface area contributed by atoms with E-state index in [1.54, 1.807) is 29.2 Å². The second kappa shape index (κ2) is 7.61. The highest BCUT2D eigenvalue weighted by molar-refractivity contribution is 7.90. The van der Waals surface area contributed by atoms with Gasteiger partial charge in [-0.3, -0.25) is 9.48 Å². The van der Waals surface area contributed by atoms with Gasteiger partial charge in [0.25, 0.3) is 0 Å². The molecular weight excluding hydrogens is 350 g/mol. The molecule has 0 spiro atoms. The number of rotatable bonds is 6. The average molecular weight is 378 g/mol. The van der Waals surface area contributed by atoms with E-state index in [0.29, 0.717) is 18.5 Å². The molecular formula is C19H27N3O3S. The number of carbonyl (C=O) groups excluding carboxylic acids is 1. The van der Waals surface area contributed by atoms with Crippen molar-refractivity contribution in [2.24, 2.45) is 7.05 Å². The Balaban J connectivity index is 2.20. The molecule has 0 fully saturated rings. The minimum atomic E-state index is -3.25. The van der Waals surface area contributed by atoms with Crippen LogP contribution in [0.15, 0.2) is 29.2 Å². The highest BCUT2D eigenvalue weighted by atomic mass is 32.2. The maximum atomic E-state index is 12.9. The maximum Gasteiger partial charge on any atom is 0.227 e. The molecule has 1 heterocycles. The Bertz CT molecular complexity index is 897. The van der Waals surface area contributed by atoms with Gasteiger partial charge in [-0.25, -0.2) is 8.42 Å². The molecule has 0 N–H and O–H groups in total. The zero-order chi connectivity index (χ0) is 19.6. The molecule has 142 valence electrons. The van der Waals surface area contributed by atoms with Gasteiger partial charge in [-0.15, -0.1) is 0 Å². The third kappa shape index (κ3) is 4.33. The van der Waals surface area contributed by atoms with Gasteiger partial charge in [0.15, 0.2) is 9.84 Å². The summed E-state index contributed by atoms with van der Waals surface area (Å²) < 4.78 is 25.1. The number of carbonyl (C=O) groups is 1. The summed E-state index contributed by atoms with van der Waals surface area (Å²) in [5.74, 6) is 0.00904. The summed E-state index contributed by atoms with van der Waals surface area (Å²) in [4.78, 5) is 14.8. The summed E-state index contributed by atoms with van der Waals surface area (Å²) in [6.07, 6.45) is 2.18. The van der Waals surface area contributed by atoms with Crippen LogP contribution < -0.4 is 4.90 Å². The van der Waals surface area contributed by atoms with Gasteiger partial charge in [0.05, 0.1) is 10.6 Å². The van der Waals surface area contributed by atoms with Gasteiger partial charge in [0.1, 0.15) is 0 Å². The van der Waals surface area contributed by atoms with E-state index < -0.39 is 9.84 Å². The first-order valence-electron chi connectivity index (χ1n) is 8.63. The van der Waals surface area contributed by atoms with Crippen molar-refractivity contribution in [3.63, 3.8) is 0 Å². The summed E-state index contributed by atoms with van der Waals surface area (Å²) in [5, 5.41) is 4.39.